The Balaban J connectivity index is 2.24. The minimum atomic E-state index is 0.835. The fourth-order valence-electron chi connectivity index (χ4n) is 1.00. The van der Waals surface area contributed by atoms with E-state index in [1.165, 1.54) is 0 Å². The van der Waals surface area contributed by atoms with Gasteiger partial charge in [0.25, 0.3) is 0 Å². The van der Waals surface area contributed by atoms with Crippen LogP contribution in [0.25, 0.3) is 0 Å². The van der Waals surface area contributed by atoms with Crippen molar-refractivity contribution in [3.05, 3.63) is 47.2 Å². The third-order valence-electron chi connectivity index (χ3n) is 1.60. The van der Waals surface area contributed by atoms with E-state index in [-0.39, 0.29) is 0 Å². The van der Waals surface area contributed by atoms with Gasteiger partial charge >= 0.3 is 0 Å². The maximum absolute atomic E-state index is 5.06. The second-order valence-corrected chi connectivity index (χ2v) is 4.19. The van der Waals surface area contributed by atoms with Crippen LogP contribution in [0.15, 0.2) is 52.8 Å². The van der Waals surface area contributed by atoms with Crippen LogP contribution in [-0.4, -0.2) is 9.97 Å². The fourth-order valence-corrected chi connectivity index (χ4v) is 2.06. The van der Waals surface area contributed by atoms with E-state index in [1.807, 2.05) is 36.5 Å². The molecule has 0 atom stereocenters. The van der Waals surface area contributed by atoms with Crippen molar-refractivity contribution >= 4 is 24.0 Å². The molecule has 0 unspecified atom stereocenters. The van der Waals surface area contributed by atoms with Crippen molar-refractivity contribution in [2.45, 2.75) is 10.1 Å². The monoisotopic (exact) mass is 220 g/mol. The van der Waals surface area contributed by atoms with Gasteiger partial charge in [-0.25, -0.2) is 4.98 Å². The van der Waals surface area contributed by atoms with Gasteiger partial charge in [-0.3, -0.25) is 0 Å². The standard InChI is InChI=1S/C10H8N2S2/c13-8-4-6-12-10(7-8)14-9-3-1-2-5-11-9/h1-7H,(H,12,13). The van der Waals surface area contributed by atoms with E-state index in [9.17, 15) is 0 Å². The van der Waals surface area contributed by atoms with E-state index in [1.54, 1.807) is 18.0 Å². The maximum Gasteiger partial charge on any atom is 0.102 e. The van der Waals surface area contributed by atoms with Crippen LogP contribution < -0.4 is 0 Å². The average molecular weight is 220 g/mol. The molecule has 0 radical (unpaired) electrons. The van der Waals surface area contributed by atoms with Gasteiger partial charge in [0.1, 0.15) is 5.03 Å². The number of nitrogens with one attached hydrogen (secondary N) is 1. The summed E-state index contributed by atoms with van der Waals surface area (Å²) >= 11 is 6.63. The van der Waals surface area contributed by atoms with Gasteiger partial charge in [0, 0.05) is 16.9 Å². The molecule has 2 aromatic rings. The molecule has 0 saturated heterocycles. The van der Waals surface area contributed by atoms with Crippen LogP contribution >= 0.6 is 24.0 Å². The highest BCUT2D eigenvalue weighted by molar-refractivity contribution is 7.99. The van der Waals surface area contributed by atoms with Crippen LogP contribution in [0, 0.1) is 4.51 Å². The van der Waals surface area contributed by atoms with E-state index < -0.39 is 0 Å². The van der Waals surface area contributed by atoms with Crippen molar-refractivity contribution < 1.29 is 0 Å². The summed E-state index contributed by atoms with van der Waals surface area (Å²) in [5.74, 6) is 0. The van der Waals surface area contributed by atoms with Gasteiger partial charge in [0.05, 0.1) is 5.03 Å². The first-order chi connectivity index (χ1) is 6.84. The molecule has 0 bridgehead atoms. The van der Waals surface area contributed by atoms with Gasteiger partial charge in [-0.1, -0.05) is 30.0 Å². The highest BCUT2D eigenvalue weighted by Crippen LogP contribution is 2.22. The van der Waals surface area contributed by atoms with Crippen LogP contribution in [-0.2, 0) is 0 Å². The third-order valence-corrected chi connectivity index (χ3v) is 2.76. The Kier molecular flexibility index (Phi) is 2.96. The van der Waals surface area contributed by atoms with E-state index in [0.717, 1.165) is 14.6 Å². The largest absolute Gasteiger partial charge is 0.356 e. The molecule has 14 heavy (non-hydrogen) atoms. The lowest BCUT2D eigenvalue weighted by molar-refractivity contribution is 1.09. The Morgan fingerprint density at radius 3 is 2.93 bits per heavy atom. The van der Waals surface area contributed by atoms with Gasteiger partial charge in [0.2, 0.25) is 0 Å². The minimum absolute atomic E-state index is 0.835. The highest BCUT2D eigenvalue weighted by atomic mass is 32.2. The zero-order chi connectivity index (χ0) is 9.80. The number of aromatic nitrogens is 2. The predicted molar refractivity (Wildman–Crippen MR) is 60.0 cm³/mol. The smallest absolute Gasteiger partial charge is 0.102 e. The molecule has 0 spiro atoms. The number of pyridine rings is 2. The summed E-state index contributed by atoms with van der Waals surface area (Å²) in [4.78, 5) is 7.33. The number of rotatable bonds is 2. The van der Waals surface area contributed by atoms with E-state index in [0.29, 0.717) is 0 Å². The van der Waals surface area contributed by atoms with E-state index >= 15 is 0 Å². The molecule has 2 aromatic heterocycles. The summed E-state index contributed by atoms with van der Waals surface area (Å²) in [6.45, 7) is 0. The first-order valence-electron chi connectivity index (χ1n) is 4.12. The SMILES string of the molecule is S=c1cc[nH]c(Sc2ccccn2)c1. The van der Waals surface area contributed by atoms with E-state index in [4.69, 9.17) is 12.2 Å². The van der Waals surface area contributed by atoms with Crippen molar-refractivity contribution in [3.8, 4) is 0 Å². The van der Waals surface area contributed by atoms with Gasteiger partial charge in [-0.15, -0.1) is 0 Å². The van der Waals surface area contributed by atoms with Crippen molar-refractivity contribution in [1.29, 1.82) is 0 Å². The lowest BCUT2D eigenvalue weighted by Gasteiger charge is -1.99. The molecule has 4 heteroatoms. The zero-order valence-electron chi connectivity index (χ0n) is 7.31. The van der Waals surface area contributed by atoms with E-state index in [2.05, 4.69) is 9.97 Å². The Bertz CT molecular complexity index is 465. The Morgan fingerprint density at radius 2 is 2.21 bits per heavy atom. The van der Waals surface area contributed by atoms with Crippen LogP contribution in [0.2, 0.25) is 0 Å². The normalized spacial score (nSPS) is 10.0. The molecule has 0 aliphatic carbocycles. The summed E-state index contributed by atoms with van der Waals surface area (Å²) in [5.41, 5.74) is 0. The molecule has 0 amide bonds. The number of hydrogen-bond donors (Lipinski definition) is 1. The number of nitrogens with zero attached hydrogens (tertiary/aromatic N) is 1. The summed E-state index contributed by atoms with van der Waals surface area (Å²) in [6.07, 6.45) is 3.62. The molecule has 0 aromatic carbocycles. The molecule has 0 fully saturated rings. The van der Waals surface area contributed by atoms with Crippen LogP contribution in [0.1, 0.15) is 0 Å². The van der Waals surface area contributed by atoms with Gasteiger partial charge in [0.15, 0.2) is 0 Å². The van der Waals surface area contributed by atoms with Gasteiger partial charge in [-0.2, -0.15) is 0 Å². The first-order valence-corrected chi connectivity index (χ1v) is 5.35. The highest BCUT2D eigenvalue weighted by Gasteiger charge is 1.96. The lowest BCUT2D eigenvalue weighted by atomic mass is 10.5. The van der Waals surface area contributed by atoms with Crippen molar-refractivity contribution in [3.63, 3.8) is 0 Å². The molecule has 2 nitrogen and oxygen atoms in total. The van der Waals surface area contributed by atoms with Crippen molar-refractivity contribution in [2.75, 3.05) is 0 Å². The Labute approximate surface area is 91.4 Å². The molecule has 0 saturated carbocycles. The molecule has 2 heterocycles. The molecule has 0 aliphatic rings. The fraction of sp³-hybridized carbons (Fsp3) is 0. The van der Waals surface area contributed by atoms with Crippen LogP contribution in [0.5, 0.6) is 0 Å². The molecule has 1 N–H and O–H groups in total. The number of hydrogen-bond acceptors (Lipinski definition) is 3. The van der Waals surface area contributed by atoms with Gasteiger partial charge in [-0.05, 0) is 24.3 Å². The Hall–Kier alpha value is -1.13. The van der Waals surface area contributed by atoms with Crippen molar-refractivity contribution in [1.82, 2.24) is 9.97 Å². The molecular weight excluding hydrogens is 212 g/mol. The zero-order valence-corrected chi connectivity index (χ0v) is 8.94. The van der Waals surface area contributed by atoms with Gasteiger partial charge < -0.3 is 4.98 Å². The van der Waals surface area contributed by atoms with Crippen LogP contribution in [0.3, 0.4) is 0 Å². The summed E-state index contributed by atoms with van der Waals surface area (Å²) < 4.78 is 0.835. The quantitative estimate of drug-likeness (QED) is 0.787. The first kappa shape index (κ1) is 9.43. The number of H-pyrrole nitrogens is 1. The minimum Gasteiger partial charge on any atom is -0.356 e. The van der Waals surface area contributed by atoms with Crippen molar-refractivity contribution in [2.24, 2.45) is 0 Å². The molecule has 70 valence electrons. The number of aromatic amines is 1. The molecule has 0 aliphatic heterocycles. The second kappa shape index (κ2) is 4.39. The van der Waals surface area contributed by atoms with Crippen LogP contribution in [0.4, 0.5) is 0 Å². The lowest BCUT2D eigenvalue weighted by Crippen LogP contribution is -1.80. The second-order valence-electron chi connectivity index (χ2n) is 2.66. The molecular formula is C10H8N2S2. The third kappa shape index (κ3) is 2.43. The topological polar surface area (TPSA) is 28.7 Å². The average Bonchev–Trinajstić information content (AvgIpc) is 2.19. The summed E-state index contributed by atoms with van der Waals surface area (Å²) in [6, 6.07) is 9.62. The predicted octanol–water partition coefficient (Wildman–Crippen LogP) is 3.29. The molecule has 2 rings (SSSR count). The summed E-state index contributed by atoms with van der Waals surface area (Å²) in [7, 11) is 0. The Morgan fingerprint density at radius 1 is 1.29 bits per heavy atom. The summed E-state index contributed by atoms with van der Waals surface area (Å²) in [5, 5.41) is 1.97. The maximum atomic E-state index is 5.06.